The minimum absolute atomic E-state index is 0.226. The van der Waals surface area contributed by atoms with Crippen LogP contribution in [0.25, 0.3) is 0 Å². The zero-order chi connectivity index (χ0) is 13.8. The maximum atomic E-state index is 4.45. The number of nitrogens with zero attached hydrogens (tertiary/aromatic N) is 2. The number of nitrogens with one attached hydrogen (secondary N) is 1. The standard InChI is InChI=1S/C16H23N3/c1-5-13-7-9-14(10-8-13)16(17-6-2)15-11-19(4)18-12(15)3/h7-11,16-17H,5-6H2,1-4H3. The van der Waals surface area contributed by atoms with E-state index in [0.717, 1.165) is 18.7 Å². The Morgan fingerprint density at radius 1 is 1.21 bits per heavy atom. The van der Waals surface area contributed by atoms with Crippen molar-refractivity contribution in [2.24, 2.45) is 7.05 Å². The van der Waals surface area contributed by atoms with Gasteiger partial charge in [-0.2, -0.15) is 5.10 Å². The molecular weight excluding hydrogens is 234 g/mol. The van der Waals surface area contributed by atoms with Crippen LogP contribution in [0.1, 0.15) is 42.3 Å². The van der Waals surface area contributed by atoms with Crippen molar-refractivity contribution in [3.05, 3.63) is 52.8 Å². The van der Waals surface area contributed by atoms with Crippen molar-refractivity contribution in [1.82, 2.24) is 15.1 Å². The molecule has 0 amide bonds. The summed E-state index contributed by atoms with van der Waals surface area (Å²) in [6.45, 7) is 7.33. The fourth-order valence-electron chi connectivity index (χ4n) is 2.46. The average Bonchev–Trinajstić information content (AvgIpc) is 2.75. The molecule has 3 nitrogen and oxygen atoms in total. The molecule has 0 saturated heterocycles. The van der Waals surface area contributed by atoms with Gasteiger partial charge in [0.2, 0.25) is 0 Å². The summed E-state index contributed by atoms with van der Waals surface area (Å²) >= 11 is 0. The number of aromatic nitrogens is 2. The largest absolute Gasteiger partial charge is 0.306 e. The predicted octanol–water partition coefficient (Wildman–Crippen LogP) is 2.99. The summed E-state index contributed by atoms with van der Waals surface area (Å²) in [7, 11) is 1.97. The molecule has 0 spiro atoms. The third-order valence-electron chi connectivity index (χ3n) is 3.49. The van der Waals surface area contributed by atoms with E-state index in [4.69, 9.17) is 0 Å². The summed E-state index contributed by atoms with van der Waals surface area (Å²) in [5.41, 5.74) is 5.03. The smallest absolute Gasteiger partial charge is 0.0644 e. The molecule has 0 aliphatic rings. The van der Waals surface area contributed by atoms with E-state index in [1.54, 1.807) is 0 Å². The highest BCUT2D eigenvalue weighted by molar-refractivity contribution is 5.34. The molecule has 0 radical (unpaired) electrons. The SMILES string of the molecule is CCNC(c1ccc(CC)cc1)c1cn(C)nc1C. The van der Waals surface area contributed by atoms with Crippen molar-refractivity contribution in [2.45, 2.75) is 33.2 Å². The molecular formula is C16H23N3. The lowest BCUT2D eigenvalue weighted by Crippen LogP contribution is -2.22. The van der Waals surface area contributed by atoms with Crippen LogP contribution in [0.2, 0.25) is 0 Å². The first-order valence-electron chi connectivity index (χ1n) is 6.98. The predicted molar refractivity (Wildman–Crippen MR) is 79.3 cm³/mol. The van der Waals surface area contributed by atoms with Crippen LogP contribution in [-0.2, 0) is 13.5 Å². The van der Waals surface area contributed by atoms with Crippen molar-refractivity contribution in [3.8, 4) is 0 Å². The Kier molecular flexibility index (Phi) is 4.38. The molecule has 1 heterocycles. The Labute approximate surface area is 115 Å². The van der Waals surface area contributed by atoms with Crippen LogP contribution in [-0.4, -0.2) is 16.3 Å². The van der Waals surface area contributed by atoms with Gasteiger partial charge >= 0.3 is 0 Å². The van der Waals surface area contributed by atoms with Crippen molar-refractivity contribution in [1.29, 1.82) is 0 Å². The van der Waals surface area contributed by atoms with Gasteiger partial charge in [0, 0.05) is 18.8 Å². The van der Waals surface area contributed by atoms with Gasteiger partial charge in [-0.05, 0) is 31.0 Å². The van der Waals surface area contributed by atoms with Gasteiger partial charge in [0.1, 0.15) is 0 Å². The molecule has 102 valence electrons. The first-order chi connectivity index (χ1) is 9.15. The van der Waals surface area contributed by atoms with Crippen LogP contribution < -0.4 is 5.32 Å². The van der Waals surface area contributed by atoms with E-state index in [0.29, 0.717) is 0 Å². The number of hydrogen-bond donors (Lipinski definition) is 1. The van der Waals surface area contributed by atoms with E-state index in [1.807, 2.05) is 11.7 Å². The molecule has 1 aromatic carbocycles. The summed E-state index contributed by atoms with van der Waals surface area (Å²) < 4.78 is 1.88. The van der Waals surface area contributed by atoms with Crippen LogP contribution >= 0.6 is 0 Å². The van der Waals surface area contributed by atoms with Gasteiger partial charge in [-0.1, -0.05) is 38.1 Å². The molecule has 1 atom stereocenters. The quantitative estimate of drug-likeness (QED) is 0.892. The molecule has 19 heavy (non-hydrogen) atoms. The average molecular weight is 257 g/mol. The summed E-state index contributed by atoms with van der Waals surface area (Å²) in [5, 5.41) is 8.00. The zero-order valence-corrected chi connectivity index (χ0v) is 12.3. The molecule has 0 bridgehead atoms. The second kappa shape index (κ2) is 6.02. The van der Waals surface area contributed by atoms with Gasteiger partial charge in [0.05, 0.1) is 11.7 Å². The topological polar surface area (TPSA) is 29.9 Å². The number of rotatable bonds is 5. The van der Waals surface area contributed by atoms with E-state index >= 15 is 0 Å². The first-order valence-corrected chi connectivity index (χ1v) is 6.98. The van der Waals surface area contributed by atoms with Gasteiger partial charge in [-0.15, -0.1) is 0 Å². The molecule has 3 heteroatoms. The van der Waals surface area contributed by atoms with Crippen LogP contribution in [0.15, 0.2) is 30.5 Å². The van der Waals surface area contributed by atoms with Gasteiger partial charge in [0.15, 0.2) is 0 Å². The highest BCUT2D eigenvalue weighted by atomic mass is 15.3. The second-order valence-electron chi connectivity index (χ2n) is 4.93. The fraction of sp³-hybridized carbons (Fsp3) is 0.438. The molecule has 1 unspecified atom stereocenters. The fourth-order valence-corrected chi connectivity index (χ4v) is 2.46. The molecule has 2 aromatic rings. The summed E-state index contributed by atoms with van der Waals surface area (Å²) in [6.07, 6.45) is 3.19. The third-order valence-corrected chi connectivity index (χ3v) is 3.49. The van der Waals surface area contributed by atoms with Gasteiger partial charge in [0.25, 0.3) is 0 Å². The molecule has 0 aliphatic heterocycles. The van der Waals surface area contributed by atoms with Crippen molar-refractivity contribution in [3.63, 3.8) is 0 Å². The van der Waals surface area contributed by atoms with E-state index in [-0.39, 0.29) is 6.04 Å². The minimum atomic E-state index is 0.226. The maximum absolute atomic E-state index is 4.45. The van der Waals surface area contributed by atoms with Gasteiger partial charge in [-0.25, -0.2) is 0 Å². The minimum Gasteiger partial charge on any atom is -0.306 e. The Balaban J connectivity index is 2.36. The van der Waals surface area contributed by atoms with Crippen LogP contribution in [0.4, 0.5) is 0 Å². The van der Waals surface area contributed by atoms with Crippen molar-refractivity contribution >= 4 is 0 Å². The van der Waals surface area contributed by atoms with Gasteiger partial charge in [-0.3, -0.25) is 4.68 Å². The van der Waals surface area contributed by atoms with E-state index < -0.39 is 0 Å². The Bertz CT molecular complexity index is 525. The maximum Gasteiger partial charge on any atom is 0.0644 e. The number of aryl methyl sites for hydroxylation is 3. The molecule has 2 rings (SSSR count). The van der Waals surface area contributed by atoms with E-state index in [9.17, 15) is 0 Å². The lowest BCUT2D eigenvalue weighted by Gasteiger charge is -2.18. The molecule has 0 fully saturated rings. The molecule has 0 aliphatic carbocycles. The normalized spacial score (nSPS) is 12.6. The monoisotopic (exact) mass is 257 g/mol. The van der Waals surface area contributed by atoms with E-state index in [2.05, 4.69) is 61.6 Å². The van der Waals surface area contributed by atoms with Crippen molar-refractivity contribution in [2.75, 3.05) is 6.54 Å². The lowest BCUT2D eigenvalue weighted by atomic mass is 9.98. The highest BCUT2D eigenvalue weighted by Crippen LogP contribution is 2.24. The lowest BCUT2D eigenvalue weighted by molar-refractivity contribution is 0.627. The summed E-state index contributed by atoms with van der Waals surface area (Å²) in [5.74, 6) is 0. The zero-order valence-electron chi connectivity index (χ0n) is 12.3. The number of benzene rings is 1. The molecule has 1 N–H and O–H groups in total. The number of hydrogen-bond acceptors (Lipinski definition) is 2. The van der Waals surface area contributed by atoms with Gasteiger partial charge < -0.3 is 5.32 Å². The summed E-state index contributed by atoms with van der Waals surface area (Å²) in [4.78, 5) is 0. The van der Waals surface area contributed by atoms with Crippen LogP contribution in [0.5, 0.6) is 0 Å². The molecule has 0 saturated carbocycles. The Morgan fingerprint density at radius 3 is 2.37 bits per heavy atom. The van der Waals surface area contributed by atoms with Crippen molar-refractivity contribution < 1.29 is 0 Å². The van der Waals surface area contributed by atoms with E-state index in [1.165, 1.54) is 16.7 Å². The Morgan fingerprint density at radius 2 is 1.89 bits per heavy atom. The molecule has 1 aromatic heterocycles. The van der Waals surface area contributed by atoms with Crippen LogP contribution in [0.3, 0.4) is 0 Å². The second-order valence-corrected chi connectivity index (χ2v) is 4.93. The van der Waals surface area contributed by atoms with Crippen LogP contribution in [0, 0.1) is 6.92 Å². The third kappa shape index (κ3) is 3.04. The summed E-state index contributed by atoms with van der Waals surface area (Å²) in [6, 6.07) is 9.10. The first kappa shape index (κ1) is 13.8. The highest BCUT2D eigenvalue weighted by Gasteiger charge is 2.17. The Hall–Kier alpha value is -1.61.